The molecule has 1 aliphatic carbocycles. The van der Waals surface area contributed by atoms with Crippen molar-refractivity contribution in [2.24, 2.45) is 0 Å². The van der Waals surface area contributed by atoms with Crippen LogP contribution in [0.4, 0.5) is 26.3 Å². The van der Waals surface area contributed by atoms with Crippen molar-refractivity contribution in [1.82, 2.24) is 15.6 Å². The van der Waals surface area contributed by atoms with E-state index in [1.807, 2.05) is 24.5 Å². The Balaban J connectivity index is 0.000000426. The van der Waals surface area contributed by atoms with Crippen LogP contribution in [-0.4, -0.2) is 65.7 Å². The summed E-state index contributed by atoms with van der Waals surface area (Å²) >= 11 is 0. The fraction of sp³-hybridized carbons (Fsp3) is 0.458. The largest absolute Gasteiger partial charge is 0.497 e. The van der Waals surface area contributed by atoms with Crippen LogP contribution in [0, 0.1) is 0 Å². The summed E-state index contributed by atoms with van der Waals surface area (Å²) in [5.74, 6) is -4.61. The lowest BCUT2D eigenvalue weighted by Crippen LogP contribution is -2.38. The van der Waals surface area contributed by atoms with Crippen molar-refractivity contribution in [1.29, 1.82) is 0 Å². The van der Waals surface area contributed by atoms with Gasteiger partial charge in [0.2, 0.25) is 0 Å². The number of methoxy groups -OCH3 is 1. The molecule has 38 heavy (non-hydrogen) atoms. The molecule has 3 rings (SSSR count). The van der Waals surface area contributed by atoms with Crippen LogP contribution in [0.5, 0.6) is 5.75 Å². The zero-order chi connectivity index (χ0) is 28.9. The number of alkyl halides is 6. The molecular weight excluding hydrogens is 524 g/mol. The standard InChI is InChI=1S/C20H27N3O.2C2HF3O2/c1-21-18-3-5-19(6-4-18)23-14-15-11-17(13-20(12-15)24-2)16-7-9-22-10-8-16;2*3-2(4,5)1(6)7/h7-13,18-19,21,23H,3-6,14H2,1-2H3;2*(H,6,7). The average molecular weight is 554 g/mol. The lowest BCUT2D eigenvalue weighted by atomic mass is 9.91. The van der Waals surface area contributed by atoms with Crippen LogP contribution < -0.4 is 15.4 Å². The number of aromatic nitrogens is 1. The Labute approximate surface area is 215 Å². The maximum atomic E-state index is 10.6. The van der Waals surface area contributed by atoms with Crippen molar-refractivity contribution >= 4 is 11.9 Å². The molecular formula is C24H29F6N3O5. The highest BCUT2D eigenvalue weighted by Gasteiger charge is 2.38. The lowest BCUT2D eigenvalue weighted by molar-refractivity contribution is -0.193. The van der Waals surface area contributed by atoms with Gasteiger partial charge in [-0.3, -0.25) is 4.98 Å². The molecule has 0 saturated heterocycles. The van der Waals surface area contributed by atoms with Gasteiger partial charge in [-0.2, -0.15) is 26.3 Å². The zero-order valence-electron chi connectivity index (χ0n) is 20.6. The summed E-state index contributed by atoms with van der Waals surface area (Å²) in [6.07, 6.45) is -1.51. The third-order valence-electron chi connectivity index (χ3n) is 5.43. The van der Waals surface area contributed by atoms with Crippen LogP contribution in [0.2, 0.25) is 0 Å². The van der Waals surface area contributed by atoms with E-state index in [-0.39, 0.29) is 0 Å². The molecule has 0 bridgehead atoms. The highest BCUT2D eigenvalue weighted by atomic mass is 19.4. The van der Waals surface area contributed by atoms with Gasteiger partial charge in [0.25, 0.3) is 0 Å². The van der Waals surface area contributed by atoms with E-state index in [2.05, 4.69) is 40.9 Å². The van der Waals surface area contributed by atoms with Crippen LogP contribution in [0.15, 0.2) is 42.7 Å². The van der Waals surface area contributed by atoms with E-state index < -0.39 is 24.3 Å². The Hall–Kier alpha value is -3.39. The number of nitrogens with one attached hydrogen (secondary N) is 2. The fourth-order valence-electron chi connectivity index (χ4n) is 3.44. The van der Waals surface area contributed by atoms with Crippen LogP contribution in [0.25, 0.3) is 11.1 Å². The third kappa shape index (κ3) is 12.2. The predicted octanol–water partition coefficient (Wildman–Crippen LogP) is 4.64. The van der Waals surface area contributed by atoms with E-state index in [0.29, 0.717) is 12.1 Å². The van der Waals surface area contributed by atoms with Crippen LogP contribution >= 0.6 is 0 Å². The topological polar surface area (TPSA) is 121 Å². The van der Waals surface area contributed by atoms with Crippen molar-refractivity contribution in [3.8, 4) is 16.9 Å². The van der Waals surface area contributed by atoms with Crippen molar-refractivity contribution in [3.05, 3.63) is 48.3 Å². The predicted molar refractivity (Wildman–Crippen MR) is 126 cm³/mol. The SMILES string of the molecule is CNC1CCC(NCc2cc(OC)cc(-c3ccncc3)c2)CC1.O=C(O)C(F)(F)F.O=C(O)C(F)(F)F. The molecule has 0 unspecified atom stereocenters. The molecule has 2 aromatic rings. The number of carbonyl (C=O) groups is 2. The van der Waals surface area contributed by atoms with E-state index in [4.69, 9.17) is 24.5 Å². The number of carboxylic acid groups (broad SMARTS) is 2. The van der Waals surface area contributed by atoms with Gasteiger partial charge in [-0.25, -0.2) is 9.59 Å². The number of nitrogens with zero attached hydrogens (tertiary/aromatic N) is 1. The van der Waals surface area contributed by atoms with Crippen LogP contribution in [0.1, 0.15) is 31.2 Å². The Morgan fingerprint density at radius 1 is 0.895 bits per heavy atom. The number of ether oxygens (including phenoxy) is 1. The van der Waals surface area contributed by atoms with E-state index in [9.17, 15) is 26.3 Å². The number of halogens is 6. The summed E-state index contributed by atoms with van der Waals surface area (Å²) in [5.41, 5.74) is 3.60. The van der Waals surface area contributed by atoms with E-state index in [1.165, 1.54) is 42.4 Å². The van der Waals surface area contributed by atoms with Crippen molar-refractivity contribution in [3.63, 3.8) is 0 Å². The highest BCUT2D eigenvalue weighted by molar-refractivity contribution is 5.73. The first-order valence-electron chi connectivity index (χ1n) is 11.3. The molecule has 14 heteroatoms. The molecule has 1 saturated carbocycles. The van der Waals surface area contributed by atoms with Gasteiger partial charge in [0, 0.05) is 31.0 Å². The number of carboxylic acids is 2. The van der Waals surface area contributed by atoms with Gasteiger partial charge in [0.15, 0.2) is 0 Å². The second-order valence-electron chi connectivity index (χ2n) is 8.13. The van der Waals surface area contributed by atoms with Gasteiger partial charge in [-0.1, -0.05) is 0 Å². The normalized spacial score (nSPS) is 17.3. The van der Waals surface area contributed by atoms with Crippen molar-refractivity contribution in [2.75, 3.05) is 14.2 Å². The molecule has 0 amide bonds. The van der Waals surface area contributed by atoms with E-state index in [1.54, 1.807) is 7.11 Å². The summed E-state index contributed by atoms with van der Waals surface area (Å²) in [5, 5.41) is 21.4. The molecule has 0 atom stereocenters. The molecule has 1 aromatic heterocycles. The van der Waals surface area contributed by atoms with Gasteiger partial charge in [-0.15, -0.1) is 0 Å². The quantitative estimate of drug-likeness (QED) is 0.382. The smallest absolute Gasteiger partial charge is 0.490 e. The van der Waals surface area contributed by atoms with Crippen molar-refractivity contribution < 1.29 is 50.9 Å². The Morgan fingerprint density at radius 3 is 1.79 bits per heavy atom. The molecule has 0 aliphatic heterocycles. The maximum absolute atomic E-state index is 10.6. The summed E-state index contributed by atoms with van der Waals surface area (Å²) in [7, 11) is 3.79. The lowest BCUT2D eigenvalue weighted by Gasteiger charge is -2.29. The van der Waals surface area contributed by atoms with Gasteiger partial charge in [0.05, 0.1) is 7.11 Å². The summed E-state index contributed by atoms with van der Waals surface area (Å²) in [6.45, 7) is 0.879. The first-order valence-corrected chi connectivity index (χ1v) is 11.3. The Bertz CT molecular complexity index is 987. The van der Waals surface area contributed by atoms with Crippen LogP contribution in [0.3, 0.4) is 0 Å². The third-order valence-corrected chi connectivity index (χ3v) is 5.43. The minimum Gasteiger partial charge on any atom is -0.497 e. The first kappa shape index (κ1) is 32.6. The van der Waals surface area contributed by atoms with Gasteiger partial charge in [0.1, 0.15) is 5.75 Å². The average Bonchev–Trinajstić information content (AvgIpc) is 2.87. The second-order valence-corrected chi connectivity index (χ2v) is 8.13. The zero-order valence-corrected chi connectivity index (χ0v) is 20.6. The molecule has 1 heterocycles. The van der Waals surface area contributed by atoms with Gasteiger partial charge in [-0.05, 0) is 79.8 Å². The van der Waals surface area contributed by atoms with Gasteiger partial charge < -0.3 is 25.6 Å². The summed E-state index contributed by atoms with van der Waals surface area (Å²) in [4.78, 5) is 21.9. The molecule has 0 spiro atoms. The molecule has 1 aromatic carbocycles. The summed E-state index contributed by atoms with van der Waals surface area (Å²) < 4.78 is 69.0. The maximum Gasteiger partial charge on any atom is 0.490 e. The molecule has 8 nitrogen and oxygen atoms in total. The van der Waals surface area contributed by atoms with Gasteiger partial charge >= 0.3 is 24.3 Å². The fourth-order valence-corrected chi connectivity index (χ4v) is 3.44. The number of rotatable bonds is 6. The van der Waals surface area contributed by atoms with Crippen molar-refractivity contribution in [2.45, 2.75) is 56.7 Å². The summed E-state index contributed by atoms with van der Waals surface area (Å²) in [6, 6.07) is 11.8. The highest BCUT2D eigenvalue weighted by Crippen LogP contribution is 2.26. The second kappa shape index (κ2) is 15.1. The Morgan fingerprint density at radius 2 is 1.37 bits per heavy atom. The minimum atomic E-state index is -5.08. The monoisotopic (exact) mass is 553 g/mol. The van der Waals surface area contributed by atoms with E-state index >= 15 is 0 Å². The molecule has 1 aliphatic rings. The molecule has 4 N–H and O–H groups in total. The van der Waals surface area contributed by atoms with E-state index in [0.717, 1.165) is 12.3 Å². The number of hydrogen-bond donors (Lipinski definition) is 4. The number of hydrogen-bond acceptors (Lipinski definition) is 6. The minimum absolute atomic E-state index is 0.616. The Kier molecular flexibility index (Phi) is 13.0. The number of benzene rings is 1. The number of pyridine rings is 1. The molecule has 1 fully saturated rings. The van der Waals surface area contributed by atoms with Crippen LogP contribution in [-0.2, 0) is 16.1 Å². The first-order chi connectivity index (χ1) is 17.7. The number of aliphatic carboxylic acids is 2. The molecule has 0 radical (unpaired) electrons. The molecule has 212 valence electrons.